The summed E-state index contributed by atoms with van der Waals surface area (Å²) < 4.78 is 13.7. The van der Waals surface area contributed by atoms with E-state index in [1.165, 1.54) is 11.8 Å². The Morgan fingerprint density at radius 2 is 1.97 bits per heavy atom. The number of aryl methyl sites for hydroxylation is 2. The Morgan fingerprint density at radius 1 is 1.21 bits per heavy atom. The van der Waals surface area contributed by atoms with Crippen LogP contribution < -0.4 is 0 Å². The number of thioether (sulfide) groups is 1. The average Bonchev–Trinajstić information content (AvgIpc) is 3.32. The normalized spacial score (nSPS) is 11.1. The van der Waals surface area contributed by atoms with Crippen molar-refractivity contribution in [2.24, 2.45) is 7.05 Å². The van der Waals surface area contributed by atoms with Crippen LogP contribution in [0, 0.1) is 20.8 Å². The van der Waals surface area contributed by atoms with Gasteiger partial charge in [-0.2, -0.15) is 0 Å². The van der Waals surface area contributed by atoms with Crippen LogP contribution in [0.4, 0.5) is 0 Å². The van der Waals surface area contributed by atoms with Crippen LogP contribution in [0.5, 0.6) is 0 Å². The van der Waals surface area contributed by atoms with Gasteiger partial charge in [0.1, 0.15) is 18.0 Å². The number of hydrogen-bond donors (Lipinski definition) is 0. The number of Topliss-reactive ketones (excluding diaryl/α,β-unsaturated/α-hetero) is 1. The lowest BCUT2D eigenvalue weighted by molar-refractivity contribution is -0.142. The predicted molar refractivity (Wildman–Crippen MR) is 106 cm³/mol. The molecule has 0 aliphatic rings. The second kappa shape index (κ2) is 8.64. The Balaban J connectivity index is 1.71. The second-order valence-electron chi connectivity index (χ2n) is 6.57. The van der Waals surface area contributed by atoms with Crippen molar-refractivity contribution in [3.63, 3.8) is 0 Å². The molecule has 0 fully saturated rings. The molecule has 0 saturated carbocycles. The maximum Gasteiger partial charge on any atom is 0.313 e. The van der Waals surface area contributed by atoms with E-state index in [0.29, 0.717) is 34.7 Å². The van der Waals surface area contributed by atoms with Gasteiger partial charge in [0.05, 0.1) is 12.4 Å². The number of esters is 1. The van der Waals surface area contributed by atoms with Crippen molar-refractivity contribution in [2.45, 2.75) is 39.3 Å². The molecule has 3 aromatic heterocycles. The third-order valence-electron chi connectivity index (χ3n) is 4.44. The van der Waals surface area contributed by atoms with Gasteiger partial charge in [-0.05, 0) is 33.8 Å². The molecule has 0 spiro atoms. The van der Waals surface area contributed by atoms with Crippen LogP contribution in [-0.4, -0.2) is 48.6 Å². The largest absolute Gasteiger partial charge is 0.466 e. The molecule has 0 N–H and O–H groups in total. The molecule has 0 aliphatic carbocycles. The standard InChI is InChI=1S/C19H23N5O4S/c1-6-27-18(26)9-16-20-21-19(23(16)5)29-10-15(25)14-7-11(2)24(13(14)4)17-8-12(3)28-22-17/h7-8H,6,9-10H2,1-5H3. The first-order valence-corrected chi connectivity index (χ1v) is 10.1. The lowest BCUT2D eigenvalue weighted by Gasteiger charge is -2.05. The summed E-state index contributed by atoms with van der Waals surface area (Å²) in [4.78, 5) is 24.4. The van der Waals surface area contributed by atoms with Crippen LogP contribution in [-0.2, 0) is 23.0 Å². The maximum absolute atomic E-state index is 12.8. The number of hydrogen-bond acceptors (Lipinski definition) is 8. The summed E-state index contributed by atoms with van der Waals surface area (Å²) in [6.07, 6.45) is 0.0458. The van der Waals surface area contributed by atoms with Gasteiger partial charge in [-0.3, -0.25) is 14.2 Å². The quantitative estimate of drug-likeness (QED) is 0.313. The van der Waals surface area contributed by atoms with E-state index in [1.807, 2.05) is 37.5 Å². The van der Waals surface area contributed by atoms with Crippen LogP contribution >= 0.6 is 11.8 Å². The lowest BCUT2D eigenvalue weighted by Crippen LogP contribution is -2.11. The molecule has 0 unspecified atom stereocenters. The first-order chi connectivity index (χ1) is 13.8. The molecule has 154 valence electrons. The molecule has 3 rings (SSSR count). The Morgan fingerprint density at radius 3 is 2.62 bits per heavy atom. The number of rotatable bonds is 8. The minimum atomic E-state index is -0.355. The average molecular weight is 417 g/mol. The molecule has 29 heavy (non-hydrogen) atoms. The van der Waals surface area contributed by atoms with Gasteiger partial charge in [0.2, 0.25) is 0 Å². The van der Waals surface area contributed by atoms with E-state index < -0.39 is 0 Å². The summed E-state index contributed by atoms with van der Waals surface area (Å²) >= 11 is 1.28. The highest BCUT2D eigenvalue weighted by Crippen LogP contribution is 2.24. The minimum absolute atomic E-state index is 0.0236. The molecule has 3 aromatic rings. The molecule has 0 atom stereocenters. The highest BCUT2D eigenvalue weighted by atomic mass is 32.2. The summed E-state index contributed by atoms with van der Waals surface area (Å²) in [6.45, 7) is 7.70. The summed E-state index contributed by atoms with van der Waals surface area (Å²) in [5.74, 6) is 1.68. The van der Waals surface area contributed by atoms with Gasteiger partial charge in [-0.15, -0.1) is 10.2 Å². The molecule has 0 radical (unpaired) electrons. The zero-order valence-electron chi connectivity index (χ0n) is 17.1. The van der Waals surface area contributed by atoms with Gasteiger partial charge in [-0.25, -0.2) is 0 Å². The molecular formula is C19H23N5O4S. The number of carbonyl (C=O) groups excluding carboxylic acids is 2. The topological polar surface area (TPSA) is 105 Å². The van der Waals surface area contributed by atoms with E-state index in [9.17, 15) is 9.59 Å². The Kier molecular flexibility index (Phi) is 6.21. The number of ketones is 1. The summed E-state index contributed by atoms with van der Waals surface area (Å²) in [5.41, 5.74) is 2.34. The third kappa shape index (κ3) is 4.42. The maximum atomic E-state index is 12.8. The van der Waals surface area contributed by atoms with E-state index in [1.54, 1.807) is 18.5 Å². The van der Waals surface area contributed by atoms with Crippen LogP contribution in [0.15, 0.2) is 21.8 Å². The van der Waals surface area contributed by atoms with Crippen molar-refractivity contribution in [1.29, 1.82) is 0 Å². The molecule has 3 heterocycles. The molecular weight excluding hydrogens is 394 g/mol. The van der Waals surface area contributed by atoms with Gasteiger partial charge < -0.3 is 13.8 Å². The highest BCUT2D eigenvalue weighted by molar-refractivity contribution is 7.99. The Labute approximate surface area is 172 Å². The minimum Gasteiger partial charge on any atom is -0.466 e. The molecule has 0 bridgehead atoms. The first-order valence-electron chi connectivity index (χ1n) is 9.14. The lowest BCUT2D eigenvalue weighted by atomic mass is 10.2. The van der Waals surface area contributed by atoms with E-state index >= 15 is 0 Å². The number of ether oxygens (including phenoxy) is 1. The molecule has 9 nitrogen and oxygen atoms in total. The van der Waals surface area contributed by atoms with Gasteiger partial charge in [-0.1, -0.05) is 16.9 Å². The Hall–Kier alpha value is -2.88. The van der Waals surface area contributed by atoms with Crippen molar-refractivity contribution in [2.75, 3.05) is 12.4 Å². The van der Waals surface area contributed by atoms with Crippen LogP contribution in [0.2, 0.25) is 0 Å². The van der Waals surface area contributed by atoms with Crippen molar-refractivity contribution in [1.82, 2.24) is 24.5 Å². The summed E-state index contributed by atoms with van der Waals surface area (Å²) in [6, 6.07) is 3.68. The number of aromatic nitrogens is 5. The molecule has 0 aromatic carbocycles. The molecule has 0 aliphatic heterocycles. The van der Waals surface area contributed by atoms with Crippen molar-refractivity contribution >= 4 is 23.5 Å². The van der Waals surface area contributed by atoms with E-state index in [0.717, 1.165) is 11.4 Å². The van der Waals surface area contributed by atoms with Crippen LogP contribution in [0.1, 0.15) is 40.3 Å². The zero-order chi connectivity index (χ0) is 21.1. The summed E-state index contributed by atoms with van der Waals surface area (Å²) in [7, 11) is 1.76. The van der Waals surface area contributed by atoms with Gasteiger partial charge >= 0.3 is 5.97 Å². The molecule has 0 saturated heterocycles. The van der Waals surface area contributed by atoms with Gasteiger partial charge in [0, 0.05) is 30.1 Å². The van der Waals surface area contributed by atoms with E-state index in [-0.39, 0.29) is 23.9 Å². The monoisotopic (exact) mass is 417 g/mol. The van der Waals surface area contributed by atoms with E-state index in [2.05, 4.69) is 15.4 Å². The summed E-state index contributed by atoms with van der Waals surface area (Å²) in [5, 5.41) is 12.7. The van der Waals surface area contributed by atoms with Crippen LogP contribution in [0.25, 0.3) is 5.82 Å². The SMILES string of the molecule is CCOC(=O)Cc1nnc(SCC(=O)c2cc(C)n(-c3cc(C)on3)c2C)n1C. The van der Waals surface area contributed by atoms with Crippen molar-refractivity contribution in [3.8, 4) is 5.82 Å². The zero-order valence-corrected chi connectivity index (χ0v) is 17.9. The fourth-order valence-electron chi connectivity index (χ4n) is 3.03. The second-order valence-corrected chi connectivity index (χ2v) is 7.51. The Bertz CT molecular complexity index is 1050. The van der Waals surface area contributed by atoms with Crippen molar-refractivity contribution < 1.29 is 18.8 Å². The van der Waals surface area contributed by atoms with Gasteiger partial charge in [0.15, 0.2) is 16.8 Å². The van der Waals surface area contributed by atoms with Crippen LogP contribution in [0.3, 0.4) is 0 Å². The predicted octanol–water partition coefficient (Wildman–Crippen LogP) is 2.60. The van der Waals surface area contributed by atoms with Crippen molar-refractivity contribution in [3.05, 3.63) is 40.7 Å². The fourth-order valence-corrected chi connectivity index (χ4v) is 3.84. The molecule has 10 heteroatoms. The highest BCUT2D eigenvalue weighted by Gasteiger charge is 2.20. The van der Waals surface area contributed by atoms with Gasteiger partial charge in [0.25, 0.3) is 0 Å². The fraction of sp³-hybridized carbons (Fsp3) is 0.421. The first kappa shape index (κ1) is 20.8. The third-order valence-corrected chi connectivity index (χ3v) is 5.46. The smallest absolute Gasteiger partial charge is 0.313 e. The number of carbonyl (C=O) groups is 2. The number of nitrogens with zero attached hydrogens (tertiary/aromatic N) is 5. The van der Waals surface area contributed by atoms with E-state index in [4.69, 9.17) is 9.26 Å². The molecule has 0 amide bonds.